The maximum absolute atomic E-state index is 12.8. The van der Waals surface area contributed by atoms with Gasteiger partial charge in [-0.05, 0) is 0 Å². The summed E-state index contributed by atoms with van der Waals surface area (Å²) in [5, 5.41) is 4.97. The Labute approximate surface area is 90.5 Å². The highest BCUT2D eigenvalue weighted by Crippen LogP contribution is 2.58. The van der Waals surface area contributed by atoms with Crippen LogP contribution in [0.1, 0.15) is 0 Å². The van der Waals surface area contributed by atoms with Gasteiger partial charge in [-0.3, -0.25) is 5.04 Å². The topological polar surface area (TPSA) is 41.5 Å². The van der Waals surface area contributed by atoms with Gasteiger partial charge in [-0.25, -0.2) is 4.39 Å². The summed E-state index contributed by atoms with van der Waals surface area (Å²) < 4.78 is 110. The van der Waals surface area contributed by atoms with Gasteiger partial charge in [0.15, 0.2) is 0 Å². The Hall–Kier alpha value is -0.400. The molecule has 17 heavy (non-hydrogen) atoms. The maximum atomic E-state index is 12.8. The highest BCUT2D eigenvalue weighted by Gasteiger charge is 2.82. The van der Waals surface area contributed by atoms with Gasteiger partial charge < -0.3 is 5.26 Å². The van der Waals surface area contributed by atoms with Gasteiger partial charge in [0.05, 0.1) is 12.0 Å². The van der Waals surface area contributed by atoms with E-state index in [1.807, 2.05) is 0 Å². The van der Waals surface area contributed by atoms with Crippen LogP contribution in [0, 0.1) is 0 Å². The molecule has 13 heteroatoms. The first kappa shape index (κ1) is 16.6. The van der Waals surface area contributed by atoms with Crippen LogP contribution in [0.15, 0.2) is 0 Å². The third kappa shape index (κ3) is 2.89. The number of hydrogen-bond donors (Lipinski definition) is 0. The van der Waals surface area contributed by atoms with Crippen molar-refractivity contribution in [1.82, 2.24) is 0 Å². The van der Waals surface area contributed by atoms with Crippen molar-refractivity contribution in [2.75, 3.05) is 0 Å². The molecule has 1 atom stereocenters. The molecule has 0 spiro atoms. The smallest absolute Gasteiger partial charge is 0.458 e. The molecule has 0 N–H and O–H groups in total. The molecule has 0 saturated heterocycles. The molecule has 0 aromatic heterocycles. The fourth-order valence-corrected chi connectivity index (χ4v) is 0.957. The molecule has 0 amide bonds. The molecule has 3 nitrogen and oxygen atoms in total. The predicted molar refractivity (Wildman–Crippen MR) is 30.7 cm³/mol. The van der Waals surface area contributed by atoms with E-state index in [4.69, 9.17) is 5.26 Å². The second kappa shape index (κ2) is 4.70. The molecule has 104 valence electrons. The van der Waals surface area contributed by atoms with Gasteiger partial charge in [-0.2, -0.15) is 39.5 Å². The van der Waals surface area contributed by atoms with E-state index in [-0.39, 0.29) is 0 Å². The van der Waals surface area contributed by atoms with E-state index < -0.39 is 35.3 Å². The third-order valence-corrected chi connectivity index (χ3v) is 2.14. The van der Waals surface area contributed by atoms with Crippen molar-refractivity contribution < 1.29 is 54.1 Å². The summed E-state index contributed by atoms with van der Waals surface area (Å²) in [7, 11) is 0. The highest BCUT2D eigenvalue weighted by atomic mass is 32.2. The Balaban J connectivity index is 5.48. The van der Waals surface area contributed by atoms with Gasteiger partial charge in [0.2, 0.25) is 0 Å². The highest BCUT2D eigenvalue weighted by molar-refractivity contribution is 7.96. The first-order chi connectivity index (χ1) is 7.31. The van der Waals surface area contributed by atoms with Crippen molar-refractivity contribution >= 4 is 12.0 Å². The van der Waals surface area contributed by atoms with Crippen molar-refractivity contribution in [2.45, 2.75) is 23.3 Å². The molecular weight excluding hydrogens is 299 g/mol. The van der Waals surface area contributed by atoms with E-state index in [1.54, 1.807) is 0 Å². The molecule has 0 aliphatic rings. The molecule has 0 saturated carbocycles. The quantitative estimate of drug-likeness (QED) is 0.346. The summed E-state index contributed by atoms with van der Waals surface area (Å²) in [4.78, 5) is 0. The van der Waals surface area contributed by atoms with Crippen molar-refractivity contribution in [3.63, 3.8) is 0 Å². The fraction of sp³-hybridized carbons (Fsp3) is 1.00. The second-order valence-electron chi connectivity index (χ2n) is 2.38. The van der Waals surface area contributed by atoms with Crippen molar-refractivity contribution in [2.24, 2.45) is 0 Å². The minimum absolute atomic E-state index is 2.11. The Morgan fingerprint density at radius 1 is 0.765 bits per heavy atom. The standard InChI is InChI=1S/C4HF9O3S/c5-1(6,3(8,9)10)2(7,4(11,12)13)17-16-15-14/h14H/p-1. The van der Waals surface area contributed by atoms with Gasteiger partial charge in [-0.15, -0.1) is 0 Å². The Bertz CT molecular complexity index is 262. The number of alkyl halides is 9. The van der Waals surface area contributed by atoms with Gasteiger partial charge in [0, 0.05) is 0 Å². The number of halogens is 9. The molecule has 0 aromatic rings. The molecule has 0 heterocycles. The van der Waals surface area contributed by atoms with Gasteiger partial charge in [-0.1, -0.05) is 0 Å². The average Bonchev–Trinajstić information content (AvgIpc) is 2.10. The second-order valence-corrected chi connectivity index (χ2v) is 3.25. The van der Waals surface area contributed by atoms with Crippen molar-refractivity contribution in [3.05, 3.63) is 0 Å². The molecule has 1 unspecified atom stereocenters. The van der Waals surface area contributed by atoms with Crippen molar-refractivity contribution in [3.8, 4) is 0 Å². The summed E-state index contributed by atoms with van der Waals surface area (Å²) in [6, 6.07) is 0. The summed E-state index contributed by atoms with van der Waals surface area (Å²) in [6.45, 7) is 0. The van der Waals surface area contributed by atoms with Gasteiger partial charge >= 0.3 is 23.3 Å². The lowest BCUT2D eigenvalue weighted by Gasteiger charge is -2.33. The van der Waals surface area contributed by atoms with E-state index in [2.05, 4.69) is 9.37 Å². The van der Waals surface area contributed by atoms with Crippen LogP contribution in [-0.2, 0) is 9.37 Å². The van der Waals surface area contributed by atoms with Gasteiger partial charge in [0.1, 0.15) is 0 Å². The monoisotopic (exact) mass is 299 g/mol. The lowest BCUT2D eigenvalue weighted by Crippen LogP contribution is -2.60. The Morgan fingerprint density at radius 3 is 1.41 bits per heavy atom. The zero-order valence-corrected chi connectivity index (χ0v) is 7.85. The largest absolute Gasteiger partial charge is 0.691 e. The first-order valence-electron chi connectivity index (χ1n) is 3.15. The zero-order valence-electron chi connectivity index (χ0n) is 7.03. The van der Waals surface area contributed by atoms with E-state index in [0.717, 1.165) is 0 Å². The molecule has 0 fully saturated rings. The Kier molecular flexibility index (Phi) is 4.59. The fourth-order valence-electron chi connectivity index (χ4n) is 0.521. The van der Waals surface area contributed by atoms with Crippen LogP contribution in [0.4, 0.5) is 39.5 Å². The molecule has 0 rings (SSSR count). The van der Waals surface area contributed by atoms with E-state index in [1.165, 1.54) is 0 Å². The average molecular weight is 299 g/mol. The minimum Gasteiger partial charge on any atom is -0.691 e. The number of hydrogen-bond acceptors (Lipinski definition) is 4. The summed E-state index contributed by atoms with van der Waals surface area (Å²) >= 11 is -2.13. The van der Waals surface area contributed by atoms with Crippen LogP contribution < -0.4 is 5.26 Å². The van der Waals surface area contributed by atoms with Crippen LogP contribution in [-0.4, -0.2) is 23.3 Å². The van der Waals surface area contributed by atoms with Gasteiger partial charge in [0.25, 0.3) is 0 Å². The van der Waals surface area contributed by atoms with E-state index in [0.29, 0.717) is 0 Å². The maximum Gasteiger partial charge on any atom is 0.458 e. The molecular formula is C4F9O3S-. The van der Waals surface area contributed by atoms with Crippen LogP contribution in [0.3, 0.4) is 0 Å². The Morgan fingerprint density at radius 2 is 1.18 bits per heavy atom. The van der Waals surface area contributed by atoms with Crippen molar-refractivity contribution in [1.29, 1.82) is 0 Å². The van der Waals surface area contributed by atoms with Crippen LogP contribution >= 0.6 is 12.0 Å². The van der Waals surface area contributed by atoms with Crippen LogP contribution in [0.2, 0.25) is 0 Å². The number of rotatable bonds is 4. The molecule has 0 bridgehead atoms. The SMILES string of the molecule is [O-]OOSC(F)(C(F)(F)F)C(F)(F)C(F)(F)F. The third-order valence-electron chi connectivity index (χ3n) is 1.30. The molecule has 0 aromatic carbocycles. The normalized spacial score (nSPS) is 18.0. The molecule has 0 aliphatic carbocycles. The minimum atomic E-state index is -6.85. The van der Waals surface area contributed by atoms with Crippen LogP contribution in [0.5, 0.6) is 0 Å². The lowest BCUT2D eigenvalue weighted by molar-refractivity contribution is -0.777. The van der Waals surface area contributed by atoms with Crippen LogP contribution in [0.25, 0.3) is 0 Å². The zero-order chi connectivity index (χ0) is 14.1. The summed E-state index contributed by atoms with van der Waals surface area (Å²) in [6.07, 6.45) is -13.5. The van der Waals surface area contributed by atoms with E-state index in [9.17, 15) is 39.5 Å². The molecule has 0 radical (unpaired) electrons. The first-order valence-corrected chi connectivity index (χ1v) is 3.90. The molecule has 0 aliphatic heterocycles. The lowest BCUT2D eigenvalue weighted by atomic mass is 10.2. The van der Waals surface area contributed by atoms with E-state index >= 15 is 0 Å². The predicted octanol–water partition coefficient (Wildman–Crippen LogP) is 2.28. The summed E-state index contributed by atoms with van der Waals surface area (Å²) in [5.41, 5.74) is 0. The summed E-state index contributed by atoms with van der Waals surface area (Å²) in [5.74, 6) is -6.85.